The first-order valence-electron chi connectivity index (χ1n) is 7.99. The Morgan fingerprint density at radius 2 is 1.72 bits per heavy atom. The predicted molar refractivity (Wildman–Crippen MR) is 101 cm³/mol. The van der Waals surface area contributed by atoms with Crippen LogP contribution in [-0.4, -0.2) is 18.4 Å². The van der Waals surface area contributed by atoms with E-state index in [1.807, 2.05) is 41.8 Å². The monoisotopic (exact) mass is 350 g/mol. The molecule has 5 heteroatoms. The smallest absolute Gasteiger partial charge is 0.265 e. The van der Waals surface area contributed by atoms with E-state index in [0.29, 0.717) is 22.7 Å². The van der Waals surface area contributed by atoms with Gasteiger partial charge in [0.1, 0.15) is 0 Å². The van der Waals surface area contributed by atoms with E-state index in [0.717, 1.165) is 6.42 Å². The molecule has 0 fully saturated rings. The Labute approximate surface area is 150 Å². The second-order valence-electron chi connectivity index (χ2n) is 5.50. The van der Waals surface area contributed by atoms with Crippen LogP contribution in [0, 0.1) is 0 Å². The van der Waals surface area contributed by atoms with E-state index < -0.39 is 0 Å². The topological polar surface area (TPSA) is 58.2 Å². The zero-order chi connectivity index (χ0) is 17.5. The molecule has 126 valence electrons. The van der Waals surface area contributed by atoms with Crippen molar-refractivity contribution in [3.05, 3.63) is 88.1 Å². The summed E-state index contributed by atoms with van der Waals surface area (Å²) in [6, 6.07) is 20.5. The van der Waals surface area contributed by atoms with Crippen LogP contribution in [0.3, 0.4) is 0 Å². The van der Waals surface area contributed by atoms with Crippen molar-refractivity contribution in [1.82, 2.24) is 5.32 Å². The Morgan fingerprint density at radius 1 is 0.880 bits per heavy atom. The summed E-state index contributed by atoms with van der Waals surface area (Å²) in [4.78, 5) is 25.0. The van der Waals surface area contributed by atoms with Crippen LogP contribution in [-0.2, 0) is 6.42 Å². The van der Waals surface area contributed by atoms with Crippen LogP contribution in [0.1, 0.15) is 25.6 Å². The van der Waals surface area contributed by atoms with E-state index >= 15 is 0 Å². The normalized spacial score (nSPS) is 10.2. The van der Waals surface area contributed by atoms with Gasteiger partial charge in [-0.25, -0.2) is 0 Å². The van der Waals surface area contributed by atoms with Crippen molar-refractivity contribution in [2.24, 2.45) is 0 Å². The number of benzene rings is 2. The molecule has 2 N–H and O–H groups in total. The molecule has 0 saturated heterocycles. The van der Waals surface area contributed by atoms with Crippen LogP contribution in [0.5, 0.6) is 0 Å². The Kier molecular flexibility index (Phi) is 5.59. The summed E-state index contributed by atoms with van der Waals surface area (Å²) >= 11 is 1.38. The number of thiophene rings is 1. The van der Waals surface area contributed by atoms with Crippen molar-refractivity contribution >= 4 is 28.8 Å². The molecule has 0 saturated carbocycles. The summed E-state index contributed by atoms with van der Waals surface area (Å²) in [6.07, 6.45) is 0.779. The van der Waals surface area contributed by atoms with Gasteiger partial charge >= 0.3 is 0 Å². The fourth-order valence-corrected chi connectivity index (χ4v) is 3.02. The van der Waals surface area contributed by atoms with Gasteiger partial charge in [-0.05, 0) is 41.6 Å². The molecule has 0 aliphatic carbocycles. The number of hydrogen-bond acceptors (Lipinski definition) is 3. The van der Waals surface area contributed by atoms with Crippen LogP contribution < -0.4 is 10.6 Å². The third-order valence-corrected chi connectivity index (χ3v) is 4.54. The standard InChI is InChI=1S/C20H18N2O2S/c23-19(21-12-11-15-6-2-1-3-7-15)16-8-4-9-17(14-16)22-20(24)18-10-5-13-25-18/h1-10,13-14H,11-12H2,(H,21,23)(H,22,24). The molecular formula is C20H18N2O2S. The van der Waals surface area contributed by atoms with Crippen molar-refractivity contribution in [2.45, 2.75) is 6.42 Å². The average molecular weight is 350 g/mol. The second kappa shape index (κ2) is 8.26. The van der Waals surface area contributed by atoms with E-state index in [1.165, 1.54) is 16.9 Å². The Morgan fingerprint density at radius 3 is 2.48 bits per heavy atom. The first-order valence-corrected chi connectivity index (χ1v) is 8.87. The van der Waals surface area contributed by atoms with E-state index in [4.69, 9.17) is 0 Å². The van der Waals surface area contributed by atoms with Gasteiger partial charge in [0, 0.05) is 17.8 Å². The molecule has 1 heterocycles. The van der Waals surface area contributed by atoms with Crippen molar-refractivity contribution < 1.29 is 9.59 Å². The molecule has 0 aliphatic rings. The van der Waals surface area contributed by atoms with E-state index in [1.54, 1.807) is 30.3 Å². The molecule has 2 aromatic carbocycles. The molecule has 3 rings (SSSR count). The number of anilines is 1. The van der Waals surface area contributed by atoms with Crippen LogP contribution >= 0.6 is 11.3 Å². The zero-order valence-corrected chi connectivity index (χ0v) is 14.4. The lowest BCUT2D eigenvalue weighted by atomic mass is 10.1. The molecule has 0 bridgehead atoms. The highest BCUT2D eigenvalue weighted by atomic mass is 32.1. The van der Waals surface area contributed by atoms with Crippen LogP contribution in [0.15, 0.2) is 72.1 Å². The fraction of sp³-hybridized carbons (Fsp3) is 0.100. The minimum Gasteiger partial charge on any atom is -0.352 e. The number of nitrogens with one attached hydrogen (secondary N) is 2. The number of rotatable bonds is 6. The Balaban J connectivity index is 1.57. The van der Waals surface area contributed by atoms with Crippen molar-refractivity contribution in [1.29, 1.82) is 0 Å². The van der Waals surface area contributed by atoms with Gasteiger partial charge in [-0.1, -0.05) is 42.5 Å². The maximum absolute atomic E-state index is 12.3. The number of hydrogen-bond donors (Lipinski definition) is 2. The summed E-state index contributed by atoms with van der Waals surface area (Å²) in [7, 11) is 0. The van der Waals surface area contributed by atoms with Gasteiger partial charge < -0.3 is 10.6 Å². The van der Waals surface area contributed by atoms with Gasteiger partial charge in [0.15, 0.2) is 0 Å². The SMILES string of the molecule is O=C(NCCc1ccccc1)c1cccc(NC(=O)c2cccs2)c1. The molecule has 4 nitrogen and oxygen atoms in total. The number of carbonyl (C=O) groups is 2. The van der Waals surface area contributed by atoms with Gasteiger partial charge in [-0.2, -0.15) is 0 Å². The lowest BCUT2D eigenvalue weighted by Crippen LogP contribution is -2.25. The minimum absolute atomic E-state index is 0.150. The second-order valence-corrected chi connectivity index (χ2v) is 6.45. The maximum atomic E-state index is 12.3. The van der Waals surface area contributed by atoms with Crippen molar-refractivity contribution in [3.63, 3.8) is 0 Å². The zero-order valence-electron chi connectivity index (χ0n) is 13.6. The van der Waals surface area contributed by atoms with Crippen LogP contribution in [0.25, 0.3) is 0 Å². The fourth-order valence-electron chi connectivity index (χ4n) is 2.41. The lowest BCUT2D eigenvalue weighted by molar-refractivity contribution is 0.0952. The highest BCUT2D eigenvalue weighted by Crippen LogP contribution is 2.15. The Bertz CT molecular complexity index is 845. The van der Waals surface area contributed by atoms with Gasteiger partial charge in [0.05, 0.1) is 4.88 Å². The Hall–Kier alpha value is -2.92. The van der Waals surface area contributed by atoms with Gasteiger partial charge in [-0.3, -0.25) is 9.59 Å². The molecule has 25 heavy (non-hydrogen) atoms. The molecule has 1 aromatic heterocycles. The molecule has 3 aromatic rings. The third-order valence-electron chi connectivity index (χ3n) is 3.67. The van der Waals surface area contributed by atoms with Crippen molar-refractivity contribution in [2.75, 3.05) is 11.9 Å². The molecule has 0 radical (unpaired) electrons. The summed E-state index contributed by atoms with van der Waals surface area (Å²) in [5, 5.41) is 7.57. The maximum Gasteiger partial charge on any atom is 0.265 e. The third kappa shape index (κ3) is 4.78. The first-order chi connectivity index (χ1) is 12.2. The quantitative estimate of drug-likeness (QED) is 0.707. The van der Waals surface area contributed by atoms with Crippen LogP contribution in [0.4, 0.5) is 5.69 Å². The minimum atomic E-state index is -0.170. The molecule has 0 aliphatic heterocycles. The van der Waals surface area contributed by atoms with Gasteiger partial charge in [-0.15, -0.1) is 11.3 Å². The van der Waals surface area contributed by atoms with E-state index in [9.17, 15) is 9.59 Å². The lowest BCUT2D eigenvalue weighted by Gasteiger charge is -2.08. The van der Waals surface area contributed by atoms with Crippen molar-refractivity contribution in [3.8, 4) is 0 Å². The molecule has 2 amide bonds. The average Bonchev–Trinajstić information content (AvgIpc) is 3.18. The molecule has 0 atom stereocenters. The number of carbonyl (C=O) groups excluding carboxylic acids is 2. The van der Waals surface area contributed by atoms with Crippen LogP contribution in [0.2, 0.25) is 0 Å². The highest BCUT2D eigenvalue weighted by molar-refractivity contribution is 7.12. The van der Waals surface area contributed by atoms with E-state index in [-0.39, 0.29) is 11.8 Å². The highest BCUT2D eigenvalue weighted by Gasteiger charge is 2.09. The summed E-state index contributed by atoms with van der Waals surface area (Å²) < 4.78 is 0. The first kappa shape index (κ1) is 16.9. The summed E-state index contributed by atoms with van der Waals surface area (Å²) in [5.41, 5.74) is 2.31. The predicted octanol–water partition coefficient (Wildman–Crippen LogP) is 3.97. The van der Waals surface area contributed by atoms with Gasteiger partial charge in [0.25, 0.3) is 11.8 Å². The van der Waals surface area contributed by atoms with E-state index in [2.05, 4.69) is 10.6 Å². The summed E-state index contributed by atoms with van der Waals surface area (Å²) in [5.74, 6) is -0.320. The molecule has 0 unspecified atom stereocenters. The molecular weight excluding hydrogens is 332 g/mol. The van der Waals surface area contributed by atoms with Gasteiger partial charge in [0.2, 0.25) is 0 Å². The number of amides is 2. The summed E-state index contributed by atoms with van der Waals surface area (Å²) in [6.45, 7) is 0.564. The molecule has 0 spiro atoms. The largest absolute Gasteiger partial charge is 0.352 e.